The van der Waals surface area contributed by atoms with Gasteiger partial charge in [0, 0.05) is 79.3 Å². The molecule has 10 nitrogen and oxygen atoms in total. The number of fused-ring (bicyclic) bond motifs is 11. The summed E-state index contributed by atoms with van der Waals surface area (Å²) in [5.74, 6) is 1.80. The first kappa shape index (κ1) is 27.4. The van der Waals surface area contributed by atoms with Crippen molar-refractivity contribution < 1.29 is 28.6 Å². The molecule has 5 aliphatic rings. The van der Waals surface area contributed by atoms with E-state index in [1.54, 1.807) is 23.2 Å². The summed E-state index contributed by atoms with van der Waals surface area (Å²) in [6.45, 7) is 5.35. The zero-order valence-corrected chi connectivity index (χ0v) is 23.8. The van der Waals surface area contributed by atoms with Gasteiger partial charge in [-0.25, -0.2) is 4.98 Å². The summed E-state index contributed by atoms with van der Waals surface area (Å²) in [6.07, 6.45) is 4.84. The molecule has 1 aromatic carbocycles. The van der Waals surface area contributed by atoms with E-state index in [0.717, 1.165) is 24.2 Å². The molecule has 7 rings (SSSR count). The summed E-state index contributed by atoms with van der Waals surface area (Å²) in [5, 5.41) is 3.15. The number of nitrogens with one attached hydrogen (secondary N) is 1. The van der Waals surface area contributed by atoms with Crippen LogP contribution in [0.1, 0.15) is 60.9 Å². The van der Waals surface area contributed by atoms with E-state index in [4.69, 9.17) is 14.2 Å². The fourth-order valence-corrected chi connectivity index (χ4v) is 6.39. The van der Waals surface area contributed by atoms with Crippen molar-refractivity contribution >= 4 is 17.7 Å². The Morgan fingerprint density at radius 3 is 2.76 bits per heavy atom. The third-order valence-corrected chi connectivity index (χ3v) is 9.12. The lowest BCUT2D eigenvalue weighted by atomic mass is 9.73. The Hall–Kier alpha value is -3.82. The normalized spacial score (nSPS) is 25.4. The summed E-state index contributed by atoms with van der Waals surface area (Å²) < 4.78 is 17.8. The number of rotatable bonds is 3. The molecule has 1 saturated carbocycles. The van der Waals surface area contributed by atoms with Crippen molar-refractivity contribution in [1.82, 2.24) is 20.1 Å². The first-order valence-corrected chi connectivity index (χ1v) is 14.6. The van der Waals surface area contributed by atoms with Crippen LogP contribution in [0.5, 0.6) is 17.4 Å². The summed E-state index contributed by atoms with van der Waals surface area (Å²) in [4.78, 5) is 47.6. The molecule has 4 aliphatic heterocycles. The summed E-state index contributed by atoms with van der Waals surface area (Å²) in [6, 6.07) is 9.23. The third kappa shape index (κ3) is 5.31. The highest BCUT2D eigenvalue weighted by molar-refractivity contribution is 5.94. The maximum absolute atomic E-state index is 13.4. The van der Waals surface area contributed by atoms with Crippen LogP contribution in [0.3, 0.4) is 0 Å². The van der Waals surface area contributed by atoms with Gasteiger partial charge in [-0.1, -0.05) is 19.1 Å². The molecule has 1 N–H and O–H groups in total. The second-order valence-corrected chi connectivity index (χ2v) is 12.1. The number of nitrogens with zero attached hydrogens (tertiary/aromatic N) is 3. The SMILES string of the molecule is COc1cc(C(=O)N2CCCOc3cccc4c3OC[C@@]3(CNC(=O)CCC2)CN(C(=O)C2(C)CC2)C[C@@H]43)ccn1. The van der Waals surface area contributed by atoms with Crippen molar-refractivity contribution in [2.24, 2.45) is 10.8 Å². The molecular formula is C31H38N4O6. The molecule has 4 bridgehead atoms. The van der Waals surface area contributed by atoms with Gasteiger partial charge in [0.1, 0.15) is 0 Å². The van der Waals surface area contributed by atoms with Crippen LogP contribution in [0.2, 0.25) is 0 Å². The van der Waals surface area contributed by atoms with E-state index in [1.165, 1.54) is 7.11 Å². The molecule has 5 heterocycles. The first-order valence-electron chi connectivity index (χ1n) is 14.6. The molecule has 2 aromatic rings. The number of benzene rings is 1. The van der Waals surface area contributed by atoms with E-state index >= 15 is 0 Å². The molecule has 1 saturated heterocycles. The Kier molecular flexibility index (Phi) is 7.25. The molecule has 1 aliphatic carbocycles. The van der Waals surface area contributed by atoms with Crippen LogP contribution in [0.4, 0.5) is 0 Å². The molecule has 41 heavy (non-hydrogen) atoms. The van der Waals surface area contributed by atoms with Crippen LogP contribution in [0, 0.1) is 10.8 Å². The van der Waals surface area contributed by atoms with Gasteiger partial charge in [-0.15, -0.1) is 0 Å². The van der Waals surface area contributed by atoms with Gasteiger partial charge in [0.2, 0.25) is 17.7 Å². The Morgan fingerprint density at radius 2 is 1.95 bits per heavy atom. The van der Waals surface area contributed by atoms with Crippen LogP contribution < -0.4 is 19.5 Å². The number of ether oxygens (including phenoxy) is 3. The molecule has 2 atom stereocenters. The highest BCUT2D eigenvalue weighted by atomic mass is 16.5. The van der Waals surface area contributed by atoms with Crippen molar-refractivity contribution in [2.75, 3.05) is 53.0 Å². The molecule has 0 radical (unpaired) electrons. The predicted molar refractivity (Wildman–Crippen MR) is 150 cm³/mol. The largest absolute Gasteiger partial charge is 0.490 e. The van der Waals surface area contributed by atoms with Gasteiger partial charge >= 0.3 is 0 Å². The lowest BCUT2D eigenvalue weighted by Crippen LogP contribution is -2.48. The molecule has 1 spiro atoms. The van der Waals surface area contributed by atoms with Crippen LogP contribution in [-0.4, -0.2) is 85.6 Å². The molecule has 2 fully saturated rings. The lowest BCUT2D eigenvalue weighted by Gasteiger charge is -2.40. The highest BCUT2D eigenvalue weighted by Crippen LogP contribution is 2.54. The van der Waals surface area contributed by atoms with Gasteiger partial charge in [0.25, 0.3) is 5.91 Å². The molecule has 0 unspecified atom stereocenters. The topological polar surface area (TPSA) is 110 Å². The Labute approximate surface area is 240 Å². The monoisotopic (exact) mass is 562 g/mol. The molecule has 3 amide bonds. The fraction of sp³-hybridized carbons (Fsp3) is 0.548. The average molecular weight is 563 g/mol. The van der Waals surface area contributed by atoms with E-state index in [1.807, 2.05) is 24.0 Å². The van der Waals surface area contributed by atoms with Crippen molar-refractivity contribution in [3.05, 3.63) is 47.7 Å². The minimum Gasteiger partial charge on any atom is -0.490 e. The Bertz CT molecular complexity index is 1340. The number of carbonyl (C=O) groups excluding carboxylic acids is 3. The minimum absolute atomic E-state index is 0.0415. The van der Waals surface area contributed by atoms with Gasteiger partial charge in [0.15, 0.2) is 11.5 Å². The summed E-state index contributed by atoms with van der Waals surface area (Å²) in [5.41, 5.74) is 0.839. The predicted octanol–water partition coefficient (Wildman–Crippen LogP) is 3.02. The number of hydrogen-bond acceptors (Lipinski definition) is 7. The number of methoxy groups -OCH3 is 1. The molecular weight excluding hydrogens is 524 g/mol. The maximum Gasteiger partial charge on any atom is 0.254 e. The molecule has 1 aromatic heterocycles. The van der Waals surface area contributed by atoms with Crippen molar-refractivity contribution in [3.63, 3.8) is 0 Å². The van der Waals surface area contributed by atoms with E-state index < -0.39 is 5.41 Å². The first-order chi connectivity index (χ1) is 19.8. The van der Waals surface area contributed by atoms with Gasteiger partial charge in [0.05, 0.1) is 20.3 Å². The van der Waals surface area contributed by atoms with Gasteiger partial charge < -0.3 is 29.3 Å². The lowest BCUT2D eigenvalue weighted by molar-refractivity contribution is -0.135. The number of pyridine rings is 1. The van der Waals surface area contributed by atoms with Crippen molar-refractivity contribution in [3.8, 4) is 17.4 Å². The van der Waals surface area contributed by atoms with Crippen LogP contribution in [-0.2, 0) is 9.59 Å². The fourth-order valence-electron chi connectivity index (χ4n) is 6.39. The quantitative estimate of drug-likeness (QED) is 0.612. The van der Waals surface area contributed by atoms with Crippen molar-refractivity contribution in [2.45, 2.75) is 44.9 Å². The third-order valence-electron chi connectivity index (χ3n) is 9.12. The van der Waals surface area contributed by atoms with E-state index in [0.29, 0.717) is 82.4 Å². The summed E-state index contributed by atoms with van der Waals surface area (Å²) >= 11 is 0. The zero-order valence-electron chi connectivity index (χ0n) is 23.8. The molecule has 10 heteroatoms. The number of aromatic nitrogens is 1. The van der Waals surface area contributed by atoms with Gasteiger partial charge in [-0.05, 0) is 37.8 Å². The second kappa shape index (κ2) is 10.9. The number of carbonyl (C=O) groups is 3. The number of hydrogen-bond donors (Lipinski definition) is 1. The maximum atomic E-state index is 13.4. The highest BCUT2D eigenvalue weighted by Gasteiger charge is 2.56. The van der Waals surface area contributed by atoms with E-state index in [9.17, 15) is 14.4 Å². The second-order valence-electron chi connectivity index (χ2n) is 12.1. The summed E-state index contributed by atoms with van der Waals surface area (Å²) in [7, 11) is 1.52. The number of likely N-dealkylation sites (tertiary alicyclic amines) is 1. The van der Waals surface area contributed by atoms with E-state index in [-0.39, 0.29) is 29.1 Å². The van der Waals surface area contributed by atoms with Gasteiger partial charge in [-0.2, -0.15) is 0 Å². The van der Waals surface area contributed by atoms with Gasteiger partial charge in [-0.3, -0.25) is 14.4 Å². The zero-order chi connectivity index (χ0) is 28.6. The molecule has 218 valence electrons. The average Bonchev–Trinajstić information content (AvgIpc) is 3.62. The smallest absolute Gasteiger partial charge is 0.254 e. The van der Waals surface area contributed by atoms with Crippen LogP contribution in [0.15, 0.2) is 36.5 Å². The Morgan fingerprint density at radius 1 is 1.12 bits per heavy atom. The number of amides is 3. The van der Waals surface area contributed by atoms with Crippen molar-refractivity contribution in [1.29, 1.82) is 0 Å². The van der Waals surface area contributed by atoms with Crippen LogP contribution in [0.25, 0.3) is 0 Å². The Balaban J connectivity index is 1.24. The van der Waals surface area contributed by atoms with Crippen LogP contribution >= 0.6 is 0 Å². The standard InChI is InChI=1S/C31H38N4O6/c1-30(10-11-30)29(38)35-17-23-22-6-3-7-24-27(22)41-20-31(23,19-35)18-33-25(36)8-4-13-34(14-5-15-40-24)28(37)21-9-12-32-26(16-21)39-2/h3,6-7,9,12,16,23H,4-5,8,10-11,13-15,17-20H2,1-2H3,(H,33,36)/t23-,31+/m0/s1. The minimum atomic E-state index is -0.415. The van der Waals surface area contributed by atoms with E-state index in [2.05, 4.69) is 16.4 Å². The number of para-hydroxylation sites is 1.